The van der Waals surface area contributed by atoms with Gasteiger partial charge in [-0.3, -0.25) is 0 Å². The number of hydrogen-bond donors (Lipinski definition) is 0. The molecule has 0 spiro atoms. The molecule has 0 radical (unpaired) electrons. The molecule has 4 aromatic carbocycles. The van der Waals surface area contributed by atoms with Crippen LogP contribution in [0.3, 0.4) is 0 Å². The van der Waals surface area contributed by atoms with E-state index in [1.165, 1.54) is 0 Å². The van der Waals surface area contributed by atoms with Crippen molar-refractivity contribution >= 4 is 62.0 Å². The molecule has 0 aliphatic carbocycles. The van der Waals surface area contributed by atoms with Crippen molar-refractivity contribution in [2.24, 2.45) is 0 Å². The van der Waals surface area contributed by atoms with E-state index in [0.717, 1.165) is 48.5 Å². The molecule has 0 fully saturated rings. The van der Waals surface area contributed by atoms with E-state index in [1.807, 2.05) is 0 Å². The van der Waals surface area contributed by atoms with Gasteiger partial charge in [0.2, 0.25) is 0 Å². The summed E-state index contributed by atoms with van der Waals surface area (Å²) in [6.45, 7) is -0.629. The molecular weight excluding hydrogens is 1000 g/mol. The second-order valence-electron chi connectivity index (χ2n) is 12.6. The van der Waals surface area contributed by atoms with Crippen LogP contribution >= 0.6 is 0 Å². The van der Waals surface area contributed by atoms with Crippen molar-refractivity contribution in [1.82, 2.24) is 0 Å². The Morgan fingerprint density at radius 1 is 0.273 bits per heavy atom. The summed E-state index contributed by atoms with van der Waals surface area (Å²) in [6, 6.07) is 7.80. The standard InChI is InChI=1S/C36H44O22S4.4Na/c37-59(38,39)29-5-1-25-33-30(60(40,41)42)6-2-26(34(29)33)56-22-18-52-14-11-50-12-16-54-20-24-58-28-4-8-31(61(43,44)45)35-27(3-7-32(36(28)35)62(46,47)48)57-23-19-53-15-10-49-9-13-51-17-21-55-25;;;;/h1-8H,9-24H2,(H,37,38,39)(H,40,41,42)(H,43,44,45)(H,46,47,48);;;;/q;4*+1/p-4. The third-order valence-electron chi connectivity index (χ3n) is 8.52. The molecule has 0 aromatic heterocycles. The number of rotatable bonds is 4. The fourth-order valence-corrected chi connectivity index (χ4v) is 8.73. The molecule has 8 bridgehead atoms. The van der Waals surface area contributed by atoms with Gasteiger partial charge < -0.3 is 65.6 Å². The van der Waals surface area contributed by atoms with Gasteiger partial charge in [-0.1, -0.05) is 0 Å². The van der Waals surface area contributed by atoms with E-state index < -0.39 is 81.6 Å². The van der Waals surface area contributed by atoms with E-state index in [0.29, 0.717) is 0 Å². The summed E-state index contributed by atoms with van der Waals surface area (Å²) in [5.41, 5.74) is 0. The van der Waals surface area contributed by atoms with Crippen molar-refractivity contribution in [2.75, 3.05) is 106 Å². The van der Waals surface area contributed by atoms with Crippen LogP contribution in [0, 0.1) is 0 Å². The minimum absolute atomic E-state index is 0. The Morgan fingerprint density at radius 3 is 0.576 bits per heavy atom. The van der Waals surface area contributed by atoms with Gasteiger partial charge in [0, 0.05) is 21.5 Å². The SMILES string of the molecule is O=S(=O)([O-])c1ccc2c3c(S(=O)(=O)[O-])ccc(c13)OCCOCCOCCOCCOc1ccc(S(=O)(=O)[O-])c3c(ccc(S(=O)(=O)[O-])c13)OCCOCCOCCOCCO2.[Na+].[Na+].[Na+].[Na+]. The number of hydrogen-bond acceptors (Lipinski definition) is 22. The Balaban J connectivity index is 0.00000544. The maximum Gasteiger partial charge on any atom is 1.00 e. The molecule has 5 rings (SSSR count). The summed E-state index contributed by atoms with van der Waals surface area (Å²) in [4.78, 5) is -3.39. The maximum absolute atomic E-state index is 12.3. The zero-order chi connectivity index (χ0) is 45.0. The smallest absolute Gasteiger partial charge is 0.744 e. The third-order valence-corrected chi connectivity index (χ3v) is 12.0. The van der Waals surface area contributed by atoms with Crippen LogP contribution in [0.15, 0.2) is 68.1 Å². The summed E-state index contributed by atoms with van der Waals surface area (Å²) >= 11 is 0. The van der Waals surface area contributed by atoms with Crippen LogP contribution in [0.4, 0.5) is 0 Å². The van der Waals surface area contributed by atoms with Crippen molar-refractivity contribution in [1.29, 1.82) is 0 Å². The van der Waals surface area contributed by atoms with E-state index >= 15 is 0 Å². The molecular formula is C36H40Na4O22S4. The van der Waals surface area contributed by atoms with Gasteiger partial charge in [-0.15, -0.1) is 0 Å². The first kappa shape index (κ1) is 64.0. The van der Waals surface area contributed by atoms with Crippen LogP contribution in [0.1, 0.15) is 0 Å². The van der Waals surface area contributed by atoms with Gasteiger partial charge in [0.25, 0.3) is 0 Å². The molecule has 344 valence electrons. The van der Waals surface area contributed by atoms with Crippen LogP contribution in [0.2, 0.25) is 0 Å². The van der Waals surface area contributed by atoms with E-state index in [4.69, 9.17) is 47.4 Å². The molecule has 0 atom stereocenters. The molecule has 1 aliphatic heterocycles. The molecule has 0 amide bonds. The van der Waals surface area contributed by atoms with E-state index in [-0.39, 0.29) is 247 Å². The van der Waals surface area contributed by atoms with E-state index in [9.17, 15) is 51.9 Å². The first-order chi connectivity index (χ1) is 29.4. The topological polar surface area (TPSA) is 321 Å². The summed E-state index contributed by atoms with van der Waals surface area (Å²) in [7, 11) is -20.9. The van der Waals surface area contributed by atoms with Gasteiger partial charge in [0.05, 0.1) is 98.9 Å². The summed E-state index contributed by atoms with van der Waals surface area (Å²) in [5, 5.41) is -1.90. The van der Waals surface area contributed by atoms with Crippen molar-refractivity contribution in [3.63, 3.8) is 0 Å². The maximum atomic E-state index is 12.3. The minimum atomic E-state index is -5.22. The summed E-state index contributed by atoms with van der Waals surface area (Å²) in [5.74, 6) is -0.957. The molecule has 0 saturated carbocycles. The Labute approximate surface area is 470 Å². The van der Waals surface area contributed by atoms with Crippen LogP contribution in [-0.2, 0) is 68.9 Å². The average Bonchev–Trinajstić information content (AvgIpc) is 3.19. The molecule has 1 aliphatic rings. The van der Waals surface area contributed by atoms with Gasteiger partial charge in [-0.05, 0) is 48.5 Å². The minimum Gasteiger partial charge on any atom is -0.744 e. The van der Waals surface area contributed by atoms with Crippen LogP contribution < -0.4 is 137 Å². The van der Waals surface area contributed by atoms with Gasteiger partial charge in [0.1, 0.15) is 89.9 Å². The fourth-order valence-electron chi connectivity index (χ4n) is 5.98. The van der Waals surface area contributed by atoms with Crippen molar-refractivity contribution in [2.45, 2.75) is 19.6 Å². The van der Waals surface area contributed by atoms with Crippen LogP contribution in [0.5, 0.6) is 23.0 Å². The predicted octanol–water partition coefficient (Wildman–Crippen LogP) is -11.0. The normalized spacial score (nSPS) is 16.5. The fraction of sp³-hybridized carbons (Fsp3) is 0.444. The predicted molar refractivity (Wildman–Crippen MR) is 207 cm³/mol. The Kier molecular flexibility index (Phi) is 29.2. The first-order valence-corrected chi connectivity index (χ1v) is 24.0. The van der Waals surface area contributed by atoms with Crippen molar-refractivity contribution in [3.05, 3.63) is 48.5 Å². The molecule has 66 heavy (non-hydrogen) atoms. The monoisotopic (exact) mass is 1040 g/mol. The molecule has 22 nitrogen and oxygen atoms in total. The molecule has 30 heteroatoms. The zero-order valence-corrected chi connectivity index (χ0v) is 47.8. The second kappa shape index (κ2) is 30.1. The molecule has 4 aromatic rings. The van der Waals surface area contributed by atoms with Crippen LogP contribution in [0.25, 0.3) is 21.5 Å². The molecule has 0 unspecified atom stereocenters. The van der Waals surface area contributed by atoms with Gasteiger partial charge in [0.15, 0.2) is 0 Å². The molecule has 0 N–H and O–H groups in total. The quantitative estimate of drug-likeness (QED) is 0.135. The van der Waals surface area contributed by atoms with Gasteiger partial charge in [-0.2, -0.15) is 0 Å². The zero-order valence-electron chi connectivity index (χ0n) is 36.5. The summed E-state index contributed by atoms with van der Waals surface area (Å²) < 4.78 is 203. The van der Waals surface area contributed by atoms with E-state index in [1.54, 1.807) is 0 Å². The number of ether oxygens (including phenoxy) is 10. The average molecular weight is 1040 g/mol. The van der Waals surface area contributed by atoms with Gasteiger partial charge in [-0.25, -0.2) is 33.7 Å². The number of benzene rings is 4. The van der Waals surface area contributed by atoms with Crippen LogP contribution in [-0.4, -0.2) is 158 Å². The van der Waals surface area contributed by atoms with E-state index in [2.05, 4.69) is 0 Å². The van der Waals surface area contributed by atoms with Crippen molar-refractivity contribution in [3.8, 4) is 23.0 Å². The third kappa shape index (κ3) is 18.9. The first-order valence-electron chi connectivity index (χ1n) is 18.4. The Hall–Kier alpha value is 0. The van der Waals surface area contributed by atoms with Gasteiger partial charge >= 0.3 is 118 Å². The Bertz CT molecular complexity index is 2280. The summed E-state index contributed by atoms with van der Waals surface area (Å²) in [6.07, 6.45) is 0. The molecule has 0 saturated heterocycles. The largest absolute Gasteiger partial charge is 1.00 e. The second-order valence-corrected chi connectivity index (χ2v) is 18.0. The Morgan fingerprint density at radius 2 is 0.424 bits per heavy atom. The molecule has 1 heterocycles. The van der Waals surface area contributed by atoms with Crippen molar-refractivity contribution < 1.29 is 217 Å².